The van der Waals surface area contributed by atoms with E-state index in [1.54, 1.807) is 25.3 Å². The lowest BCUT2D eigenvalue weighted by Crippen LogP contribution is -2.35. The number of ether oxygens (including phenoxy) is 2. The van der Waals surface area contributed by atoms with Gasteiger partial charge in [-0.05, 0) is 19.1 Å². The molecule has 0 aliphatic carbocycles. The molecule has 6 heteroatoms. The van der Waals surface area contributed by atoms with E-state index in [4.69, 9.17) is 32.7 Å². The summed E-state index contributed by atoms with van der Waals surface area (Å²) in [5.74, 6) is 0.582. The van der Waals surface area contributed by atoms with Gasteiger partial charge in [0.05, 0.1) is 16.1 Å². The van der Waals surface area contributed by atoms with Crippen molar-refractivity contribution in [3.8, 4) is 5.75 Å². The predicted octanol–water partition coefficient (Wildman–Crippen LogP) is 2.36. The van der Waals surface area contributed by atoms with Gasteiger partial charge in [0.2, 0.25) is 0 Å². The van der Waals surface area contributed by atoms with E-state index in [9.17, 15) is 5.11 Å². The van der Waals surface area contributed by atoms with Gasteiger partial charge in [-0.1, -0.05) is 23.2 Å². The van der Waals surface area contributed by atoms with E-state index in [2.05, 4.69) is 5.32 Å². The van der Waals surface area contributed by atoms with Gasteiger partial charge in [-0.2, -0.15) is 0 Å². The van der Waals surface area contributed by atoms with Gasteiger partial charge in [0.25, 0.3) is 0 Å². The van der Waals surface area contributed by atoms with Gasteiger partial charge in [-0.15, -0.1) is 0 Å². The average molecular weight is 308 g/mol. The average Bonchev–Trinajstić information content (AvgIpc) is 2.40. The fourth-order valence-electron chi connectivity index (χ4n) is 1.35. The van der Waals surface area contributed by atoms with Crippen molar-refractivity contribution >= 4 is 23.2 Å². The van der Waals surface area contributed by atoms with Crippen LogP contribution in [0.1, 0.15) is 6.92 Å². The van der Waals surface area contributed by atoms with Crippen molar-refractivity contribution in [1.82, 2.24) is 5.32 Å². The van der Waals surface area contributed by atoms with Gasteiger partial charge in [0.15, 0.2) is 0 Å². The van der Waals surface area contributed by atoms with Crippen LogP contribution in [0.25, 0.3) is 0 Å². The highest BCUT2D eigenvalue weighted by molar-refractivity contribution is 6.42. The van der Waals surface area contributed by atoms with Crippen LogP contribution < -0.4 is 10.1 Å². The molecular weight excluding hydrogens is 289 g/mol. The molecule has 1 aromatic carbocycles. The normalized spacial score (nSPS) is 14.2. The van der Waals surface area contributed by atoms with Crippen LogP contribution in [0.2, 0.25) is 10.0 Å². The maximum absolute atomic E-state index is 9.73. The summed E-state index contributed by atoms with van der Waals surface area (Å²) in [6.45, 7) is 3.26. The number of halogens is 2. The van der Waals surface area contributed by atoms with Gasteiger partial charge in [-0.3, -0.25) is 0 Å². The fourth-order valence-corrected chi connectivity index (χ4v) is 1.64. The molecule has 1 aromatic rings. The number of aliphatic hydroxyl groups excluding tert-OH is 1. The van der Waals surface area contributed by atoms with Crippen molar-refractivity contribution in [3.63, 3.8) is 0 Å². The number of hydrogen-bond donors (Lipinski definition) is 2. The number of hydrogen-bond acceptors (Lipinski definition) is 4. The third-order valence-electron chi connectivity index (χ3n) is 2.55. The molecule has 0 radical (unpaired) electrons. The van der Waals surface area contributed by atoms with E-state index in [1.165, 1.54) is 0 Å². The third kappa shape index (κ3) is 6.45. The standard InChI is InChI=1S/C13H19Cl2NO3/c1-9(18-2)6-16-7-10(17)8-19-11-3-4-12(14)13(15)5-11/h3-5,9-10,16-17H,6-8H2,1-2H3. The van der Waals surface area contributed by atoms with Crippen LogP contribution in [-0.2, 0) is 4.74 Å². The molecule has 1 rings (SSSR count). The lowest BCUT2D eigenvalue weighted by atomic mass is 10.3. The number of aliphatic hydroxyl groups is 1. The maximum atomic E-state index is 9.73. The smallest absolute Gasteiger partial charge is 0.121 e. The van der Waals surface area contributed by atoms with Crippen molar-refractivity contribution in [1.29, 1.82) is 0 Å². The molecule has 0 fully saturated rings. The molecule has 2 N–H and O–H groups in total. The minimum absolute atomic E-state index is 0.114. The maximum Gasteiger partial charge on any atom is 0.121 e. The first-order valence-electron chi connectivity index (χ1n) is 6.02. The first kappa shape index (κ1) is 16.5. The lowest BCUT2D eigenvalue weighted by Gasteiger charge is -2.15. The quantitative estimate of drug-likeness (QED) is 0.774. The summed E-state index contributed by atoms with van der Waals surface area (Å²) in [4.78, 5) is 0. The molecule has 0 aromatic heterocycles. The molecule has 0 saturated carbocycles. The van der Waals surface area contributed by atoms with Crippen molar-refractivity contribution < 1.29 is 14.6 Å². The topological polar surface area (TPSA) is 50.7 Å². The lowest BCUT2D eigenvalue weighted by molar-refractivity contribution is 0.0904. The minimum atomic E-state index is -0.599. The summed E-state index contributed by atoms with van der Waals surface area (Å²) in [6.07, 6.45) is -0.485. The largest absolute Gasteiger partial charge is 0.491 e. The Morgan fingerprint density at radius 3 is 2.63 bits per heavy atom. The Labute approximate surface area is 123 Å². The Morgan fingerprint density at radius 1 is 1.26 bits per heavy atom. The van der Waals surface area contributed by atoms with Crippen LogP contribution in [-0.4, -0.2) is 44.1 Å². The Balaban J connectivity index is 2.25. The number of benzene rings is 1. The van der Waals surface area contributed by atoms with Crippen LogP contribution in [0.15, 0.2) is 18.2 Å². The zero-order valence-corrected chi connectivity index (χ0v) is 12.5. The second-order valence-corrected chi connectivity index (χ2v) is 5.06. The Bertz CT molecular complexity index is 390. The summed E-state index contributed by atoms with van der Waals surface area (Å²) in [7, 11) is 1.65. The molecule has 4 nitrogen and oxygen atoms in total. The van der Waals surface area contributed by atoms with E-state index in [0.29, 0.717) is 28.9 Å². The van der Waals surface area contributed by atoms with Gasteiger partial charge in [0, 0.05) is 26.3 Å². The molecular formula is C13H19Cl2NO3. The van der Waals surface area contributed by atoms with E-state index < -0.39 is 6.10 Å². The van der Waals surface area contributed by atoms with Gasteiger partial charge in [-0.25, -0.2) is 0 Å². The SMILES string of the molecule is COC(C)CNCC(O)COc1ccc(Cl)c(Cl)c1. The van der Waals surface area contributed by atoms with Crippen molar-refractivity contribution in [2.75, 3.05) is 26.8 Å². The Morgan fingerprint density at radius 2 is 2.00 bits per heavy atom. The van der Waals surface area contributed by atoms with E-state index in [-0.39, 0.29) is 12.7 Å². The molecule has 0 aliphatic rings. The second-order valence-electron chi connectivity index (χ2n) is 4.25. The number of nitrogens with one attached hydrogen (secondary N) is 1. The van der Waals surface area contributed by atoms with Crippen LogP contribution in [0.3, 0.4) is 0 Å². The molecule has 0 amide bonds. The highest BCUT2D eigenvalue weighted by Crippen LogP contribution is 2.26. The third-order valence-corrected chi connectivity index (χ3v) is 3.29. The summed E-state index contributed by atoms with van der Waals surface area (Å²) < 4.78 is 10.5. The van der Waals surface area contributed by atoms with E-state index in [0.717, 1.165) is 0 Å². The zero-order chi connectivity index (χ0) is 14.3. The fraction of sp³-hybridized carbons (Fsp3) is 0.538. The van der Waals surface area contributed by atoms with Crippen LogP contribution in [0.4, 0.5) is 0 Å². The van der Waals surface area contributed by atoms with Crippen LogP contribution >= 0.6 is 23.2 Å². The molecule has 0 bridgehead atoms. The van der Waals surface area contributed by atoms with E-state index >= 15 is 0 Å². The number of methoxy groups -OCH3 is 1. The zero-order valence-electron chi connectivity index (χ0n) is 11.0. The molecule has 2 unspecified atom stereocenters. The first-order valence-corrected chi connectivity index (χ1v) is 6.78. The van der Waals surface area contributed by atoms with Crippen molar-refractivity contribution in [3.05, 3.63) is 28.2 Å². The highest BCUT2D eigenvalue weighted by atomic mass is 35.5. The van der Waals surface area contributed by atoms with Gasteiger partial charge < -0.3 is 19.9 Å². The second kappa shape index (κ2) is 8.61. The van der Waals surface area contributed by atoms with Gasteiger partial charge in [0.1, 0.15) is 18.5 Å². The molecule has 0 aliphatic heterocycles. The van der Waals surface area contributed by atoms with Gasteiger partial charge >= 0.3 is 0 Å². The van der Waals surface area contributed by atoms with Crippen molar-refractivity contribution in [2.24, 2.45) is 0 Å². The molecule has 0 heterocycles. The molecule has 2 atom stereocenters. The summed E-state index contributed by atoms with van der Waals surface area (Å²) in [5.41, 5.74) is 0. The molecule has 0 saturated heterocycles. The Hall–Kier alpha value is -0.520. The van der Waals surface area contributed by atoms with E-state index in [1.807, 2.05) is 6.92 Å². The minimum Gasteiger partial charge on any atom is -0.491 e. The molecule has 0 spiro atoms. The van der Waals surface area contributed by atoms with Crippen LogP contribution in [0, 0.1) is 0 Å². The molecule has 108 valence electrons. The Kier molecular flexibility index (Phi) is 7.49. The van der Waals surface area contributed by atoms with Crippen molar-refractivity contribution in [2.45, 2.75) is 19.1 Å². The predicted molar refractivity (Wildman–Crippen MR) is 77.3 cm³/mol. The monoisotopic (exact) mass is 307 g/mol. The summed E-state index contributed by atoms with van der Waals surface area (Å²) >= 11 is 11.7. The summed E-state index contributed by atoms with van der Waals surface area (Å²) in [6, 6.07) is 4.99. The number of rotatable bonds is 8. The summed E-state index contributed by atoms with van der Waals surface area (Å²) in [5, 5.41) is 13.7. The molecule has 19 heavy (non-hydrogen) atoms. The highest BCUT2D eigenvalue weighted by Gasteiger charge is 2.07. The first-order chi connectivity index (χ1) is 9.02. The van der Waals surface area contributed by atoms with Crippen LogP contribution in [0.5, 0.6) is 5.75 Å².